The van der Waals surface area contributed by atoms with Crippen LogP contribution in [0.4, 0.5) is 0 Å². The maximum Gasteiger partial charge on any atom is 0.223 e. The second kappa shape index (κ2) is 8.34. The standard InChI is InChI=1S/C16H20Cl2N2O3S/c1-2-7-19-16(21)12-5-8-20(9-6-12)24(22,23)11-13-3-4-14(17)10-15(13)18/h2-4,10,12H,1,5-9,11H2,(H,19,21). The van der Waals surface area contributed by atoms with Crippen LogP contribution < -0.4 is 5.32 Å². The molecule has 0 spiro atoms. The van der Waals surface area contributed by atoms with Crippen molar-refractivity contribution in [1.29, 1.82) is 0 Å². The van der Waals surface area contributed by atoms with Gasteiger partial charge in [0, 0.05) is 35.6 Å². The predicted octanol–water partition coefficient (Wildman–Crippen LogP) is 2.84. The average molecular weight is 391 g/mol. The van der Waals surface area contributed by atoms with Crippen molar-refractivity contribution < 1.29 is 13.2 Å². The fourth-order valence-corrected chi connectivity index (χ4v) is 4.79. The molecule has 0 unspecified atom stereocenters. The second-order valence-electron chi connectivity index (χ2n) is 5.70. The van der Waals surface area contributed by atoms with Gasteiger partial charge in [-0.05, 0) is 30.5 Å². The third-order valence-electron chi connectivity index (χ3n) is 3.99. The minimum atomic E-state index is -3.48. The zero-order valence-electron chi connectivity index (χ0n) is 13.2. The number of nitrogens with one attached hydrogen (secondary N) is 1. The summed E-state index contributed by atoms with van der Waals surface area (Å²) < 4.78 is 26.5. The lowest BCUT2D eigenvalue weighted by atomic mass is 9.97. The third kappa shape index (κ3) is 4.96. The molecule has 5 nitrogen and oxygen atoms in total. The summed E-state index contributed by atoms with van der Waals surface area (Å²) in [6.45, 7) is 4.64. The minimum Gasteiger partial charge on any atom is -0.352 e. The number of nitrogens with zero attached hydrogens (tertiary/aromatic N) is 1. The van der Waals surface area contributed by atoms with Crippen LogP contribution in [-0.4, -0.2) is 38.3 Å². The van der Waals surface area contributed by atoms with Gasteiger partial charge < -0.3 is 5.32 Å². The van der Waals surface area contributed by atoms with Crippen LogP contribution >= 0.6 is 23.2 Å². The molecule has 132 valence electrons. The first kappa shape index (κ1) is 19.2. The van der Waals surface area contributed by atoms with Gasteiger partial charge in [-0.25, -0.2) is 12.7 Å². The average Bonchev–Trinajstić information content (AvgIpc) is 2.55. The van der Waals surface area contributed by atoms with Gasteiger partial charge in [0.25, 0.3) is 0 Å². The van der Waals surface area contributed by atoms with E-state index in [0.717, 1.165) is 0 Å². The molecule has 1 amide bonds. The van der Waals surface area contributed by atoms with Crippen LogP contribution in [0.5, 0.6) is 0 Å². The zero-order chi connectivity index (χ0) is 17.7. The molecule has 0 aromatic heterocycles. The molecule has 24 heavy (non-hydrogen) atoms. The molecule has 1 N–H and O–H groups in total. The molecule has 1 aromatic rings. The van der Waals surface area contributed by atoms with Gasteiger partial charge in [0.05, 0.1) is 5.75 Å². The van der Waals surface area contributed by atoms with Crippen molar-refractivity contribution >= 4 is 39.1 Å². The molecule has 1 fully saturated rings. The first-order valence-electron chi connectivity index (χ1n) is 7.64. The number of hydrogen-bond donors (Lipinski definition) is 1. The van der Waals surface area contributed by atoms with E-state index in [1.807, 2.05) is 0 Å². The monoisotopic (exact) mass is 390 g/mol. The number of carbonyl (C=O) groups excluding carboxylic acids is 1. The Balaban J connectivity index is 1.97. The van der Waals surface area contributed by atoms with Crippen LogP contribution in [0.25, 0.3) is 0 Å². The Morgan fingerprint density at radius 1 is 1.33 bits per heavy atom. The summed E-state index contributed by atoms with van der Waals surface area (Å²) in [7, 11) is -3.48. The van der Waals surface area contributed by atoms with Crippen LogP contribution in [0.2, 0.25) is 10.0 Å². The number of halogens is 2. The number of rotatable bonds is 6. The van der Waals surface area contributed by atoms with Crippen molar-refractivity contribution in [2.45, 2.75) is 18.6 Å². The van der Waals surface area contributed by atoms with E-state index < -0.39 is 10.0 Å². The normalized spacial score (nSPS) is 16.8. The highest BCUT2D eigenvalue weighted by atomic mass is 35.5. The van der Waals surface area contributed by atoms with Gasteiger partial charge in [0.1, 0.15) is 0 Å². The van der Waals surface area contributed by atoms with E-state index in [1.54, 1.807) is 18.2 Å². The number of sulfonamides is 1. The van der Waals surface area contributed by atoms with Crippen LogP contribution in [0.15, 0.2) is 30.9 Å². The summed E-state index contributed by atoms with van der Waals surface area (Å²) in [6, 6.07) is 4.77. The molecule has 1 aliphatic heterocycles. The van der Waals surface area contributed by atoms with Gasteiger partial charge in [-0.15, -0.1) is 6.58 Å². The largest absolute Gasteiger partial charge is 0.352 e. The van der Waals surface area contributed by atoms with Crippen molar-refractivity contribution in [3.63, 3.8) is 0 Å². The molecule has 1 aromatic carbocycles. The molecule has 1 heterocycles. The highest BCUT2D eigenvalue weighted by Crippen LogP contribution is 2.26. The number of hydrogen-bond acceptors (Lipinski definition) is 3. The lowest BCUT2D eigenvalue weighted by Crippen LogP contribution is -2.43. The van der Waals surface area contributed by atoms with Crippen LogP contribution in [0, 0.1) is 5.92 Å². The summed E-state index contributed by atoms with van der Waals surface area (Å²) in [5.74, 6) is -0.376. The summed E-state index contributed by atoms with van der Waals surface area (Å²) in [5, 5.41) is 3.56. The number of amides is 1. The van der Waals surface area contributed by atoms with Gasteiger partial charge in [-0.3, -0.25) is 4.79 Å². The molecule has 0 radical (unpaired) electrons. The number of benzene rings is 1. The molecule has 0 bridgehead atoms. The molecule has 1 aliphatic rings. The van der Waals surface area contributed by atoms with Gasteiger partial charge in [-0.2, -0.15) is 0 Å². The van der Waals surface area contributed by atoms with Crippen molar-refractivity contribution in [2.24, 2.45) is 5.92 Å². The Hall–Kier alpha value is -1.08. The van der Waals surface area contributed by atoms with Crippen LogP contribution in [0.1, 0.15) is 18.4 Å². The summed E-state index contributed by atoms with van der Waals surface area (Å²) >= 11 is 11.9. The number of carbonyl (C=O) groups is 1. The summed E-state index contributed by atoms with van der Waals surface area (Å²) in [4.78, 5) is 11.9. The summed E-state index contributed by atoms with van der Waals surface area (Å²) in [6.07, 6.45) is 2.64. The molecule has 1 saturated heterocycles. The lowest BCUT2D eigenvalue weighted by Gasteiger charge is -2.30. The number of piperidine rings is 1. The van der Waals surface area contributed by atoms with Crippen molar-refractivity contribution in [3.05, 3.63) is 46.5 Å². The quantitative estimate of drug-likeness (QED) is 0.759. The highest BCUT2D eigenvalue weighted by molar-refractivity contribution is 7.88. The van der Waals surface area contributed by atoms with Gasteiger partial charge in [0.2, 0.25) is 15.9 Å². The Morgan fingerprint density at radius 3 is 2.58 bits per heavy atom. The van der Waals surface area contributed by atoms with E-state index in [1.165, 1.54) is 10.4 Å². The third-order valence-corrected chi connectivity index (χ3v) is 6.41. The Morgan fingerprint density at radius 2 is 2.00 bits per heavy atom. The SMILES string of the molecule is C=CCNC(=O)C1CCN(S(=O)(=O)Cc2ccc(Cl)cc2Cl)CC1. The Labute approximate surface area is 152 Å². The van der Waals surface area contributed by atoms with E-state index >= 15 is 0 Å². The zero-order valence-corrected chi connectivity index (χ0v) is 15.5. The first-order chi connectivity index (χ1) is 11.3. The van der Waals surface area contributed by atoms with Crippen molar-refractivity contribution in [3.8, 4) is 0 Å². The van der Waals surface area contributed by atoms with Crippen LogP contribution in [0.3, 0.4) is 0 Å². The maximum absolute atomic E-state index is 12.6. The molecular weight excluding hydrogens is 371 g/mol. The topological polar surface area (TPSA) is 66.5 Å². The molecule has 0 aliphatic carbocycles. The van der Waals surface area contributed by atoms with E-state index in [4.69, 9.17) is 23.2 Å². The first-order valence-corrected chi connectivity index (χ1v) is 10.0. The lowest BCUT2D eigenvalue weighted by molar-refractivity contribution is -0.125. The maximum atomic E-state index is 12.6. The van der Waals surface area contributed by atoms with E-state index in [-0.39, 0.29) is 17.6 Å². The molecule has 0 saturated carbocycles. The van der Waals surface area contributed by atoms with Gasteiger partial charge >= 0.3 is 0 Å². The smallest absolute Gasteiger partial charge is 0.223 e. The molecule has 8 heteroatoms. The molecule has 2 rings (SSSR count). The molecule has 0 atom stereocenters. The van der Waals surface area contributed by atoms with Gasteiger partial charge in [0.15, 0.2) is 0 Å². The van der Waals surface area contributed by atoms with E-state index in [9.17, 15) is 13.2 Å². The second-order valence-corrected chi connectivity index (χ2v) is 8.51. The van der Waals surface area contributed by atoms with Crippen molar-refractivity contribution in [2.75, 3.05) is 19.6 Å². The fraction of sp³-hybridized carbons (Fsp3) is 0.438. The Bertz CT molecular complexity index is 714. The van der Waals surface area contributed by atoms with Crippen molar-refractivity contribution in [1.82, 2.24) is 9.62 Å². The van der Waals surface area contributed by atoms with Crippen LogP contribution in [-0.2, 0) is 20.6 Å². The minimum absolute atomic E-state index is 0.0484. The highest BCUT2D eigenvalue weighted by Gasteiger charge is 2.31. The fourth-order valence-electron chi connectivity index (χ4n) is 2.64. The molecular formula is C16H20Cl2N2O3S. The Kier molecular flexibility index (Phi) is 6.69. The predicted molar refractivity (Wildman–Crippen MR) is 96.6 cm³/mol. The van der Waals surface area contributed by atoms with E-state index in [2.05, 4.69) is 11.9 Å². The van der Waals surface area contributed by atoms with Gasteiger partial charge in [-0.1, -0.05) is 35.3 Å². The summed E-state index contributed by atoms with van der Waals surface area (Å²) in [5.41, 5.74) is 0.520. The van der Waals surface area contributed by atoms with E-state index in [0.29, 0.717) is 48.1 Å².